The molecule has 0 aliphatic heterocycles. The number of aryl methyl sites for hydroxylation is 1. The quantitative estimate of drug-likeness (QED) is 0.506. The minimum Gasteiger partial charge on any atom is -0.382 e. The first kappa shape index (κ1) is 21.0. The molecule has 0 unspecified atom stereocenters. The second-order valence-corrected chi connectivity index (χ2v) is 6.41. The smallest absolute Gasteiger partial charge is 0.382 e. The minimum absolute atomic E-state index is 0.0920. The van der Waals surface area contributed by atoms with Gasteiger partial charge in [-0.25, -0.2) is 4.98 Å². The maximum absolute atomic E-state index is 13.1. The number of methoxy groups -OCH3 is 1. The second-order valence-electron chi connectivity index (χ2n) is 6.41. The van der Waals surface area contributed by atoms with Crippen LogP contribution in [0.2, 0.25) is 0 Å². The van der Waals surface area contributed by atoms with Crippen LogP contribution >= 0.6 is 0 Å². The number of rotatable bonds is 9. The molecule has 0 aliphatic rings. The highest BCUT2D eigenvalue weighted by atomic mass is 19.4. The van der Waals surface area contributed by atoms with Crippen molar-refractivity contribution in [3.63, 3.8) is 0 Å². The zero-order valence-electron chi connectivity index (χ0n) is 16.2. The van der Waals surface area contributed by atoms with Gasteiger partial charge in [-0.2, -0.15) is 22.7 Å². The standard InChI is InChI=1S/C19H22F3N5O2/c1-14-12-16(27-18(23-14)24-17(25-27)19(20,21)22)26(8-9-29-11-10-28-2)13-15-6-4-3-5-7-15/h3-7,12H,8-11,13H2,1-2H3. The monoisotopic (exact) mass is 409 g/mol. The van der Waals surface area contributed by atoms with Gasteiger partial charge in [-0.15, -0.1) is 5.10 Å². The van der Waals surface area contributed by atoms with Crippen molar-refractivity contribution in [2.24, 2.45) is 0 Å². The van der Waals surface area contributed by atoms with Gasteiger partial charge < -0.3 is 14.4 Å². The van der Waals surface area contributed by atoms with Crippen LogP contribution in [-0.4, -0.2) is 53.1 Å². The molecule has 2 aromatic heterocycles. The first-order chi connectivity index (χ1) is 13.9. The van der Waals surface area contributed by atoms with E-state index >= 15 is 0 Å². The Morgan fingerprint density at radius 3 is 2.52 bits per heavy atom. The van der Waals surface area contributed by atoms with Gasteiger partial charge in [-0.3, -0.25) is 0 Å². The summed E-state index contributed by atoms with van der Waals surface area (Å²) in [5, 5.41) is 3.66. The largest absolute Gasteiger partial charge is 0.453 e. The average molecular weight is 409 g/mol. The number of nitrogens with zero attached hydrogens (tertiary/aromatic N) is 5. The van der Waals surface area contributed by atoms with Gasteiger partial charge in [0.2, 0.25) is 0 Å². The molecule has 0 bridgehead atoms. The number of hydrogen-bond acceptors (Lipinski definition) is 6. The van der Waals surface area contributed by atoms with Gasteiger partial charge in [-0.05, 0) is 12.5 Å². The second kappa shape index (κ2) is 9.19. The van der Waals surface area contributed by atoms with Crippen LogP contribution in [0.5, 0.6) is 0 Å². The normalized spacial score (nSPS) is 11.9. The van der Waals surface area contributed by atoms with Gasteiger partial charge in [0.05, 0.1) is 19.8 Å². The molecule has 0 N–H and O–H groups in total. The molecule has 0 radical (unpaired) electrons. The van der Waals surface area contributed by atoms with Crippen molar-refractivity contribution in [3.05, 3.63) is 53.5 Å². The lowest BCUT2D eigenvalue weighted by atomic mass is 10.2. The van der Waals surface area contributed by atoms with Gasteiger partial charge in [0, 0.05) is 32.0 Å². The Kier molecular flexibility index (Phi) is 6.65. The fraction of sp³-hybridized carbons (Fsp3) is 0.421. The maximum atomic E-state index is 13.1. The zero-order chi connectivity index (χ0) is 20.9. The van der Waals surface area contributed by atoms with E-state index in [9.17, 15) is 13.2 Å². The van der Waals surface area contributed by atoms with Gasteiger partial charge >= 0.3 is 6.18 Å². The number of benzene rings is 1. The van der Waals surface area contributed by atoms with Crippen LogP contribution in [0.1, 0.15) is 17.1 Å². The molecule has 3 rings (SSSR count). The first-order valence-corrected chi connectivity index (χ1v) is 9.05. The van der Waals surface area contributed by atoms with Crippen molar-refractivity contribution in [1.29, 1.82) is 0 Å². The minimum atomic E-state index is -4.65. The summed E-state index contributed by atoms with van der Waals surface area (Å²) in [5.74, 6) is -0.840. The summed E-state index contributed by atoms with van der Waals surface area (Å²) in [6, 6.07) is 11.3. The van der Waals surface area contributed by atoms with E-state index in [0.717, 1.165) is 10.1 Å². The van der Waals surface area contributed by atoms with Crippen molar-refractivity contribution in [3.8, 4) is 0 Å². The van der Waals surface area contributed by atoms with Crippen molar-refractivity contribution < 1.29 is 22.6 Å². The predicted octanol–water partition coefficient (Wildman–Crippen LogP) is 3.12. The molecular weight excluding hydrogens is 387 g/mol. The third-order valence-electron chi connectivity index (χ3n) is 4.15. The Morgan fingerprint density at radius 1 is 1.07 bits per heavy atom. The van der Waals surface area contributed by atoms with Crippen LogP contribution in [0.4, 0.5) is 19.0 Å². The third kappa shape index (κ3) is 5.42. The summed E-state index contributed by atoms with van der Waals surface area (Å²) in [5.41, 5.74) is 1.55. The SMILES string of the molecule is COCCOCCN(Cc1ccccc1)c1cc(C)nc2nc(C(F)(F)F)nn12. The number of anilines is 1. The van der Waals surface area contributed by atoms with Crippen molar-refractivity contribution in [2.45, 2.75) is 19.6 Å². The number of ether oxygens (including phenoxy) is 2. The van der Waals surface area contributed by atoms with Gasteiger partial charge in [0.25, 0.3) is 11.6 Å². The van der Waals surface area contributed by atoms with E-state index in [1.54, 1.807) is 20.1 Å². The summed E-state index contributed by atoms with van der Waals surface area (Å²) in [6.45, 7) is 3.89. The molecular formula is C19H22F3N5O2. The highest BCUT2D eigenvalue weighted by molar-refractivity contribution is 5.48. The fourth-order valence-corrected chi connectivity index (χ4v) is 2.81. The van der Waals surface area contributed by atoms with Crippen LogP contribution in [-0.2, 0) is 22.2 Å². The molecule has 7 nitrogen and oxygen atoms in total. The summed E-state index contributed by atoms with van der Waals surface area (Å²) < 4.78 is 51.0. The lowest BCUT2D eigenvalue weighted by Gasteiger charge is -2.25. The Balaban J connectivity index is 1.94. The van der Waals surface area contributed by atoms with Crippen LogP contribution < -0.4 is 4.90 Å². The van der Waals surface area contributed by atoms with Crippen molar-refractivity contribution in [2.75, 3.05) is 38.4 Å². The van der Waals surface area contributed by atoms with Gasteiger partial charge in [-0.1, -0.05) is 30.3 Å². The van der Waals surface area contributed by atoms with E-state index in [1.807, 2.05) is 35.2 Å². The Bertz CT molecular complexity index is 931. The highest BCUT2D eigenvalue weighted by Crippen LogP contribution is 2.28. The fourth-order valence-electron chi connectivity index (χ4n) is 2.81. The van der Waals surface area contributed by atoms with Gasteiger partial charge in [0.1, 0.15) is 5.82 Å². The molecule has 29 heavy (non-hydrogen) atoms. The first-order valence-electron chi connectivity index (χ1n) is 9.05. The molecule has 0 amide bonds. The number of aromatic nitrogens is 4. The topological polar surface area (TPSA) is 64.8 Å². The molecule has 1 aromatic carbocycles. The van der Waals surface area contributed by atoms with E-state index in [-0.39, 0.29) is 5.78 Å². The van der Waals surface area contributed by atoms with Crippen LogP contribution in [0.15, 0.2) is 36.4 Å². The van der Waals surface area contributed by atoms with E-state index in [4.69, 9.17) is 9.47 Å². The number of hydrogen-bond donors (Lipinski definition) is 0. The number of halogens is 3. The molecule has 10 heteroatoms. The Labute approximate surface area is 166 Å². The average Bonchev–Trinajstić information content (AvgIpc) is 3.11. The molecule has 156 valence electrons. The van der Waals surface area contributed by atoms with Crippen molar-refractivity contribution >= 4 is 11.6 Å². The van der Waals surface area contributed by atoms with E-state index in [2.05, 4.69) is 15.1 Å². The lowest BCUT2D eigenvalue weighted by Crippen LogP contribution is -2.29. The van der Waals surface area contributed by atoms with E-state index in [0.29, 0.717) is 44.4 Å². The Hall–Kier alpha value is -2.72. The Morgan fingerprint density at radius 2 is 1.83 bits per heavy atom. The van der Waals surface area contributed by atoms with Crippen LogP contribution in [0.3, 0.4) is 0 Å². The maximum Gasteiger partial charge on any atom is 0.453 e. The molecule has 0 spiro atoms. The third-order valence-corrected chi connectivity index (χ3v) is 4.15. The van der Waals surface area contributed by atoms with E-state index in [1.165, 1.54) is 0 Å². The molecule has 0 atom stereocenters. The summed E-state index contributed by atoms with van der Waals surface area (Å²) in [4.78, 5) is 9.55. The lowest BCUT2D eigenvalue weighted by molar-refractivity contribution is -0.144. The summed E-state index contributed by atoms with van der Waals surface area (Å²) in [6.07, 6.45) is -4.65. The van der Waals surface area contributed by atoms with Crippen LogP contribution in [0, 0.1) is 6.92 Å². The highest BCUT2D eigenvalue weighted by Gasteiger charge is 2.37. The summed E-state index contributed by atoms with van der Waals surface area (Å²) >= 11 is 0. The molecule has 0 saturated carbocycles. The molecule has 0 saturated heterocycles. The summed E-state index contributed by atoms with van der Waals surface area (Å²) in [7, 11) is 1.59. The molecule has 3 aromatic rings. The predicted molar refractivity (Wildman–Crippen MR) is 101 cm³/mol. The number of alkyl halides is 3. The van der Waals surface area contributed by atoms with E-state index < -0.39 is 12.0 Å². The molecule has 0 aliphatic carbocycles. The number of fused-ring (bicyclic) bond motifs is 1. The molecule has 0 fully saturated rings. The molecule has 2 heterocycles. The van der Waals surface area contributed by atoms with Crippen LogP contribution in [0.25, 0.3) is 5.78 Å². The zero-order valence-corrected chi connectivity index (χ0v) is 16.2. The van der Waals surface area contributed by atoms with Gasteiger partial charge in [0.15, 0.2) is 0 Å². The van der Waals surface area contributed by atoms with Crippen molar-refractivity contribution in [1.82, 2.24) is 19.6 Å².